The number of allylic oxidation sites excluding steroid dienone is 2. The van der Waals surface area contributed by atoms with Crippen molar-refractivity contribution < 1.29 is 4.79 Å². The van der Waals surface area contributed by atoms with Crippen molar-refractivity contribution in [2.45, 2.75) is 40.0 Å². The van der Waals surface area contributed by atoms with Crippen molar-refractivity contribution in [3.63, 3.8) is 0 Å². The van der Waals surface area contributed by atoms with E-state index in [0.29, 0.717) is 5.92 Å². The number of hydrogen-bond donors (Lipinski definition) is 0. The van der Waals surface area contributed by atoms with Gasteiger partial charge >= 0.3 is 0 Å². The average Bonchev–Trinajstić information content (AvgIpc) is 2.05. The van der Waals surface area contributed by atoms with E-state index in [4.69, 9.17) is 0 Å². The lowest BCUT2D eigenvalue weighted by Gasteiger charge is -2.06. The molecule has 0 bridgehead atoms. The second kappa shape index (κ2) is 6.14. The number of hydrogen-bond acceptors (Lipinski definition) is 1. The van der Waals surface area contributed by atoms with E-state index < -0.39 is 0 Å². The van der Waals surface area contributed by atoms with Gasteiger partial charge in [-0.2, -0.15) is 0 Å². The molecule has 0 aliphatic heterocycles. The molecule has 0 amide bonds. The third kappa shape index (κ3) is 3.97. The summed E-state index contributed by atoms with van der Waals surface area (Å²) in [7, 11) is 0. The van der Waals surface area contributed by atoms with Crippen LogP contribution in [0.15, 0.2) is 11.6 Å². The molecule has 0 aromatic heterocycles. The molecule has 0 aromatic rings. The van der Waals surface area contributed by atoms with Crippen molar-refractivity contribution in [1.29, 1.82) is 0 Å². The van der Waals surface area contributed by atoms with Crippen molar-refractivity contribution in [2.24, 2.45) is 5.92 Å². The third-order valence-electron chi connectivity index (χ3n) is 1.99. The lowest BCUT2D eigenvalue weighted by atomic mass is 9.98. The first-order valence-corrected chi connectivity index (χ1v) is 4.41. The number of carbonyl (C=O) groups excluding carboxylic acids is 1. The maximum absolute atomic E-state index is 10.5. The van der Waals surface area contributed by atoms with E-state index in [1.165, 1.54) is 0 Å². The van der Waals surface area contributed by atoms with Gasteiger partial charge in [-0.3, -0.25) is 4.79 Å². The maximum Gasteiger partial charge on any atom is 0.145 e. The van der Waals surface area contributed by atoms with E-state index >= 15 is 0 Å². The molecule has 1 heteroatoms. The predicted octanol–water partition coefficient (Wildman–Crippen LogP) is 2.96. The fourth-order valence-electron chi connectivity index (χ4n) is 0.912. The molecule has 0 saturated heterocycles. The molecular formula is C10H18O. The standard InChI is InChI=1S/C10H18O/c1-4-6-7-10(8-11)9(3)5-2/h7-9H,4-6H2,1-3H3/b10-7-. The van der Waals surface area contributed by atoms with E-state index in [9.17, 15) is 4.79 Å². The molecule has 0 aliphatic rings. The minimum atomic E-state index is 0.430. The summed E-state index contributed by atoms with van der Waals surface area (Å²) in [5.41, 5.74) is 0.967. The van der Waals surface area contributed by atoms with Gasteiger partial charge in [0.25, 0.3) is 0 Å². The van der Waals surface area contributed by atoms with Crippen LogP contribution in [0.25, 0.3) is 0 Å². The summed E-state index contributed by atoms with van der Waals surface area (Å²) in [4.78, 5) is 10.5. The topological polar surface area (TPSA) is 17.1 Å². The van der Waals surface area contributed by atoms with Crippen LogP contribution in [0.3, 0.4) is 0 Å². The fraction of sp³-hybridized carbons (Fsp3) is 0.700. The minimum Gasteiger partial charge on any atom is -0.298 e. The number of carbonyl (C=O) groups is 1. The van der Waals surface area contributed by atoms with E-state index in [-0.39, 0.29) is 0 Å². The van der Waals surface area contributed by atoms with Gasteiger partial charge in [0.2, 0.25) is 0 Å². The maximum atomic E-state index is 10.5. The minimum absolute atomic E-state index is 0.430. The molecule has 0 saturated carbocycles. The smallest absolute Gasteiger partial charge is 0.145 e. The van der Waals surface area contributed by atoms with Crippen LogP contribution in [0, 0.1) is 5.92 Å². The van der Waals surface area contributed by atoms with E-state index in [1.807, 2.05) is 0 Å². The highest BCUT2D eigenvalue weighted by Crippen LogP contribution is 2.12. The Balaban J connectivity index is 4.02. The normalized spacial score (nSPS) is 14.6. The molecule has 0 fully saturated rings. The van der Waals surface area contributed by atoms with Crippen molar-refractivity contribution >= 4 is 6.29 Å². The lowest BCUT2D eigenvalue weighted by Crippen LogP contribution is -1.98. The van der Waals surface area contributed by atoms with Crippen LogP contribution < -0.4 is 0 Å². The van der Waals surface area contributed by atoms with Crippen LogP contribution in [0.5, 0.6) is 0 Å². The summed E-state index contributed by atoms with van der Waals surface area (Å²) >= 11 is 0. The molecule has 0 heterocycles. The predicted molar refractivity (Wildman–Crippen MR) is 48.5 cm³/mol. The SMILES string of the molecule is CCC/C=C(/C=O)C(C)CC. The second-order valence-corrected chi connectivity index (χ2v) is 2.92. The van der Waals surface area contributed by atoms with Gasteiger partial charge in [0, 0.05) is 0 Å². The van der Waals surface area contributed by atoms with Gasteiger partial charge in [-0.05, 0) is 24.3 Å². The second-order valence-electron chi connectivity index (χ2n) is 2.92. The Morgan fingerprint density at radius 3 is 2.45 bits per heavy atom. The van der Waals surface area contributed by atoms with Crippen LogP contribution in [-0.2, 0) is 4.79 Å². The molecule has 0 aromatic carbocycles. The van der Waals surface area contributed by atoms with Crippen molar-refractivity contribution in [3.8, 4) is 0 Å². The largest absolute Gasteiger partial charge is 0.298 e. The van der Waals surface area contributed by atoms with Crippen molar-refractivity contribution in [1.82, 2.24) is 0 Å². The highest BCUT2D eigenvalue weighted by molar-refractivity contribution is 5.73. The molecule has 11 heavy (non-hydrogen) atoms. The van der Waals surface area contributed by atoms with Crippen LogP contribution in [-0.4, -0.2) is 6.29 Å². The summed E-state index contributed by atoms with van der Waals surface area (Å²) in [5.74, 6) is 0.430. The zero-order valence-electron chi connectivity index (χ0n) is 7.76. The zero-order valence-corrected chi connectivity index (χ0v) is 7.76. The monoisotopic (exact) mass is 154 g/mol. The molecule has 1 atom stereocenters. The molecule has 1 unspecified atom stereocenters. The number of unbranched alkanes of at least 4 members (excludes halogenated alkanes) is 1. The van der Waals surface area contributed by atoms with Crippen LogP contribution >= 0.6 is 0 Å². The van der Waals surface area contributed by atoms with Gasteiger partial charge in [0.15, 0.2) is 0 Å². The van der Waals surface area contributed by atoms with Gasteiger partial charge in [0.05, 0.1) is 0 Å². The Morgan fingerprint density at radius 2 is 2.09 bits per heavy atom. The van der Waals surface area contributed by atoms with Crippen molar-refractivity contribution in [3.05, 3.63) is 11.6 Å². The average molecular weight is 154 g/mol. The van der Waals surface area contributed by atoms with Gasteiger partial charge in [-0.25, -0.2) is 0 Å². The first-order valence-electron chi connectivity index (χ1n) is 4.41. The first-order chi connectivity index (χ1) is 5.26. The summed E-state index contributed by atoms with van der Waals surface area (Å²) in [6, 6.07) is 0. The Kier molecular flexibility index (Phi) is 5.81. The quantitative estimate of drug-likeness (QED) is 0.439. The van der Waals surface area contributed by atoms with E-state index in [2.05, 4.69) is 26.8 Å². The summed E-state index contributed by atoms with van der Waals surface area (Å²) < 4.78 is 0. The number of aldehydes is 1. The molecule has 0 spiro atoms. The Hall–Kier alpha value is -0.590. The molecule has 64 valence electrons. The highest BCUT2D eigenvalue weighted by atomic mass is 16.1. The highest BCUT2D eigenvalue weighted by Gasteiger charge is 2.03. The summed E-state index contributed by atoms with van der Waals surface area (Å²) in [6.07, 6.45) is 6.24. The van der Waals surface area contributed by atoms with Gasteiger partial charge < -0.3 is 0 Å². The third-order valence-corrected chi connectivity index (χ3v) is 1.99. The van der Waals surface area contributed by atoms with Crippen LogP contribution in [0.1, 0.15) is 40.0 Å². The molecule has 1 nitrogen and oxygen atoms in total. The molecule has 0 rings (SSSR count). The fourth-order valence-corrected chi connectivity index (χ4v) is 0.912. The van der Waals surface area contributed by atoms with Crippen LogP contribution in [0.2, 0.25) is 0 Å². The zero-order chi connectivity index (χ0) is 8.69. The van der Waals surface area contributed by atoms with Gasteiger partial charge in [-0.1, -0.05) is 33.3 Å². The summed E-state index contributed by atoms with van der Waals surface area (Å²) in [6.45, 7) is 6.32. The molecule has 0 aliphatic carbocycles. The first kappa shape index (κ1) is 10.4. The Bertz CT molecular complexity index is 136. The van der Waals surface area contributed by atoms with Gasteiger partial charge in [0.1, 0.15) is 6.29 Å². The molecule has 0 N–H and O–H groups in total. The Labute approximate surface area is 69.5 Å². The molecule has 0 radical (unpaired) electrons. The van der Waals surface area contributed by atoms with E-state index in [0.717, 1.165) is 31.1 Å². The van der Waals surface area contributed by atoms with Gasteiger partial charge in [-0.15, -0.1) is 0 Å². The van der Waals surface area contributed by atoms with Crippen molar-refractivity contribution in [2.75, 3.05) is 0 Å². The van der Waals surface area contributed by atoms with E-state index in [1.54, 1.807) is 0 Å². The molecular weight excluding hydrogens is 136 g/mol. The lowest BCUT2D eigenvalue weighted by molar-refractivity contribution is -0.105. The van der Waals surface area contributed by atoms with Crippen LogP contribution in [0.4, 0.5) is 0 Å². The number of rotatable bonds is 5. The Morgan fingerprint density at radius 1 is 1.45 bits per heavy atom. The summed E-state index contributed by atoms with van der Waals surface area (Å²) in [5, 5.41) is 0.